The van der Waals surface area contributed by atoms with Crippen LogP contribution in [0.5, 0.6) is 0 Å². The molecule has 0 unspecified atom stereocenters. The van der Waals surface area contributed by atoms with E-state index in [9.17, 15) is 0 Å². The number of hydrogen-bond donors (Lipinski definition) is 1. The van der Waals surface area contributed by atoms with Gasteiger partial charge < -0.3 is 9.84 Å². The number of anilines is 1. The molecule has 0 saturated heterocycles. The number of rotatable bonds is 3. The van der Waals surface area contributed by atoms with Crippen molar-refractivity contribution in [3.05, 3.63) is 41.0 Å². The summed E-state index contributed by atoms with van der Waals surface area (Å²) in [5, 5.41) is 15.9. The zero-order chi connectivity index (χ0) is 12.3. The lowest BCUT2D eigenvalue weighted by molar-refractivity contribution is 0.388. The standard InChI is InChI=1S/C12H12N4O/c1-8-3-4-10(6-13)11(5-8)14-7-12-15-9(2)17-16-12/h3-5,14H,7H2,1-2H3. The molecule has 5 heteroatoms. The molecule has 5 nitrogen and oxygen atoms in total. The van der Waals surface area contributed by atoms with Crippen LogP contribution in [0.4, 0.5) is 5.69 Å². The van der Waals surface area contributed by atoms with Crippen molar-refractivity contribution in [2.24, 2.45) is 0 Å². The topological polar surface area (TPSA) is 74.7 Å². The molecule has 2 rings (SSSR count). The molecule has 0 aliphatic rings. The molecule has 0 fully saturated rings. The molecule has 0 atom stereocenters. The van der Waals surface area contributed by atoms with Crippen molar-refractivity contribution >= 4 is 5.69 Å². The van der Waals surface area contributed by atoms with Crippen LogP contribution in [0.3, 0.4) is 0 Å². The third-order valence-electron chi connectivity index (χ3n) is 2.30. The van der Waals surface area contributed by atoms with Crippen molar-refractivity contribution in [3.8, 4) is 6.07 Å². The molecule has 1 N–H and O–H groups in total. The molecule has 0 radical (unpaired) electrons. The quantitative estimate of drug-likeness (QED) is 0.871. The van der Waals surface area contributed by atoms with Gasteiger partial charge >= 0.3 is 0 Å². The van der Waals surface area contributed by atoms with Crippen LogP contribution in [-0.2, 0) is 6.54 Å². The smallest absolute Gasteiger partial charge is 0.223 e. The first-order chi connectivity index (χ1) is 8.19. The number of aryl methyl sites for hydroxylation is 2. The zero-order valence-electron chi connectivity index (χ0n) is 9.69. The van der Waals surface area contributed by atoms with E-state index in [1.165, 1.54) is 0 Å². The van der Waals surface area contributed by atoms with Gasteiger partial charge in [-0.3, -0.25) is 0 Å². The number of benzene rings is 1. The van der Waals surface area contributed by atoms with Crippen LogP contribution in [0.1, 0.15) is 22.8 Å². The first-order valence-corrected chi connectivity index (χ1v) is 5.23. The van der Waals surface area contributed by atoms with Gasteiger partial charge in [-0.2, -0.15) is 10.2 Å². The second-order valence-electron chi connectivity index (χ2n) is 3.74. The van der Waals surface area contributed by atoms with Crippen LogP contribution in [-0.4, -0.2) is 10.1 Å². The highest BCUT2D eigenvalue weighted by Gasteiger charge is 2.05. The number of nitrogens with zero attached hydrogens (tertiary/aromatic N) is 3. The minimum atomic E-state index is 0.440. The zero-order valence-corrected chi connectivity index (χ0v) is 9.69. The lowest BCUT2D eigenvalue weighted by Crippen LogP contribution is -2.03. The van der Waals surface area contributed by atoms with Gasteiger partial charge in [-0.15, -0.1) is 0 Å². The molecule has 0 amide bonds. The molecule has 17 heavy (non-hydrogen) atoms. The third-order valence-corrected chi connectivity index (χ3v) is 2.30. The largest absolute Gasteiger partial charge is 0.377 e. The predicted octanol–water partition coefficient (Wildman–Crippen LogP) is 2.17. The van der Waals surface area contributed by atoms with E-state index in [0.717, 1.165) is 11.3 Å². The molecule has 1 aromatic heterocycles. The lowest BCUT2D eigenvalue weighted by Gasteiger charge is -2.06. The average Bonchev–Trinajstić information content (AvgIpc) is 2.73. The molecule has 1 heterocycles. The Morgan fingerprint density at radius 1 is 1.41 bits per heavy atom. The Morgan fingerprint density at radius 3 is 2.88 bits per heavy atom. The monoisotopic (exact) mass is 228 g/mol. The van der Waals surface area contributed by atoms with E-state index in [4.69, 9.17) is 9.78 Å². The van der Waals surface area contributed by atoms with Crippen LogP contribution >= 0.6 is 0 Å². The van der Waals surface area contributed by atoms with Crippen molar-refractivity contribution in [2.75, 3.05) is 5.32 Å². The van der Waals surface area contributed by atoms with Gasteiger partial charge in [0.25, 0.3) is 0 Å². The maximum absolute atomic E-state index is 8.97. The predicted molar refractivity (Wildman–Crippen MR) is 62.3 cm³/mol. The molecular weight excluding hydrogens is 216 g/mol. The van der Waals surface area contributed by atoms with Gasteiger partial charge in [0.2, 0.25) is 5.89 Å². The normalized spacial score (nSPS) is 9.94. The van der Waals surface area contributed by atoms with Crippen molar-refractivity contribution in [3.63, 3.8) is 0 Å². The summed E-state index contributed by atoms with van der Waals surface area (Å²) >= 11 is 0. The van der Waals surface area contributed by atoms with Crippen molar-refractivity contribution < 1.29 is 4.52 Å². The summed E-state index contributed by atoms with van der Waals surface area (Å²) in [4.78, 5) is 4.08. The van der Waals surface area contributed by atoms with Crippen LogP contribution in [0.15, 0.2) is 22.7 Å². The fourth-order valence-corrected chi connectivity index (χ4v) is 1.49. The Morgan fingerprint density at radius 2 is 2.24 bits per heavy atom. The summed E-state index contributed by atoms with van der Waals surface area (Å²) in [6, 6.07) is 7.76. The summed E-state index contributed by atoms with van der Waals surface area (Å²) in [5.41, 5.74) is 2.49. The summed E-state index contributed by atoms with van der Waals surface area (Å²) in [6.07, 6.45) is 0. The number of nitrogens with one attached hydrogen (secondary N) is 1. The maximum atomic E-state index is 8.97. The van der Waals surface area contributed by atoms with Gasteiger partial charge in [-0.1, -0.05) is 11.2 Å². The van der Waals surface area contributed by atoms with Gasteiger partial charge in [0.05, 0.1) is 17.8 Å². The Labute approximate surface area is 99.1 Å². The van der Waals surface area contributed by atoms with E-state index >= 15 is 0 Å². The fourth-order valence-electron chi connectivity index (χ4n) is 1.49. The van der Waals surface area contributed by atoms with Gasteiger partial charge in [0.1, 0.15) is 6.07 Å². The van der Waals surface area contributed by atoms with Crippen molar-refractivity contribution in [2.45, 2.75) is 20.4 Å². The molecule has 0 saturated carbocycles. The Bertz CT molecular complexity index is 568. The summed E-state index contributed by atoms with van der Waals surface area (Å²) < 4.78 is 4.87. The molecule has 0 spiro atoms. The number of hydrogen-bond acceptors (Lipinski definition) is 5. The highest BCUT2D eigenvalue weighted by Crippen LogP contribution is 2.17. The third kappa shape index (κ3) is 2.61. The van der Waals surface area contributed by atoms with E-state index in [1.807, 2.05) is 19.1 Å². The molecule has 0 aliphatic heterocycles. The van der Waals surface area contributed by atoms with Crippen LogP contribution < -0.4 is 5.32 Å². The van der Waals surface area contributed by atoms with Crippen LogP contribution in [0, 0.1) is 25.2 Å². The summed E-state index contributed by atoms with van der Waals surface area (Å²) in [7, 11) is 0. The SMILES string of the molecule is Cc1ccc(C#N)c(NCc2noc(C)n2)c1. The molecule has 86 valence electrons. The van der Waals surface area contributed by atoms with Crippen LogP contribution in [0.25, 0.3) is 0 Å². The Kier molecular flexibility index (Phi) is 3.06. The van der Waals surface area contributed by atoms with E-state index in [-0.39, 0.29) is 0 Å². The van der Waals surface area contributed by atoms with E-state index in [1.54, 1.807) is 13.0 Å². The highest BCUT2D eigenvalue weighted by atomic mass is 16.5. The first-order valence-electron chi connectivity index (χ1n) is 5.23. The minimum Gasteiger partial charge on any atom is -0.377 e. The second-order valence-corrected chi connectivity index (χ2v) is 3.74. The molecule has 1 aromatic carbocycles. The second kappa shape index (κ2) is 4.66. The average molecular weight is 228 g/mol. The fraction of sp³-hybridized carbons (Fsp3) is 0.250. The molecule has 0 bridgehead atoms. The van der Waals surface area contributed by atoms with Gasteiger partial charge in [0, 0.05) is 6.92 Å². The Hall–Kier alpha value is -2.35. The van der Waals surface area contributed by atoms with E-state index in [0.29, 0.717) is 23.8 Å². The number of nitriles is 1. The van der Waals surface area contributed by atoms with Gasteiger partial charge in [-0.25, -0.2) is 0 Å². The lowest BCUT2D eigenvalue weighted by atomic mass is 10.1. The molecule has 2 aromatic rings. The first kappa shape index (κ1) is 11.1. The van der Waals surface area contributed by atoms with E-state index < -0.39 is 0 Å². The maximum Gasteiger partial charge on any atom is 0.223 e. The molecular formula is C12H12N4O. The van der Waals surface area contributed by atoms with Crippen molar-refractivity contribution in [1.82, 2.24) is 10.1 Å². The Balaban J connectivity index is 2.13. The van der Waals surface area contributed by atoms with Gasteiger partial charge in [0.15, 0.2) is 5.82 Å². The van der Waals surface area contributed by atoms with Crippen molar-refractivity contribution in [1.29, 1.82) is 5.26 Å². The van der Waals surface area contributed by atoms with Gasteiger partial charge in [-0.05, 0) is 24.6 Å². The van der Waals surface area contributed by atoms with E-state index in [2.05, 4.69) is 21.5 Å². The molecule has 0 aliphatic carbocycles. The summed E-state index contributed by atoms with van der Waals surface area (Å²) in [5.74, 6) is 1.11. The van der Waals surface area contributed by atoms with Crippen LogP contribution in [0.2, 0.25) is 0 Å². The minimum absolute atomic E-state index is 0.440. The summed E-state index contributed by atoms with van der Waals surface area (Å²) in [6.45, 7) is 4.16. The number of aromatic nitrogens is 2. The highest BCUT2D eigenvalue weighted by molar-refractivity contribution is 5.58.